The summed E-state index contributed by atoms with van der Waals surface area (Å²) in [5.74, 6) is 0. The van der Waals surface area contributed by atoms with E-state index in [0.29, 0.717) is 0 Å². The zero-order valence-electron chi connectivity index (χ0n) is 34.5. The highest BCUT2D eigenvalue weighted by molar-refractivity contribution is 6.16. The summed E-state index contributed by atoms with van der Waals surface area (Å²) >= 11 is 0. The average Bonchev–Trinajstić information content (AvgIpc) is 3.97. The van der Waals surface area contributed by atoms with E-state index < -0.39 is 5.41 Å². The van der Waals surface area contributed by atoms with Crippen LogP contribution in [-0.4, -0.2) is 4.57 Å². The summed E-state index contributed by atoms with van der Waals surface area (Å²) in [6, 6.07) is 89.4. The van der Waals surface area contributed by atoms with Crippen molar-refractivity contribution in [2.45, 2.75) is 5.41 Å². The molecule has 2 nitrogen and oxygen atoms in total. The standard InChI is InChI=1S/C61H40N2/c1-3-17-41(18-4-1)42-33-37-45(38-34-42)62(46-39-35-43(36-40-46)47-25-15-31-57-59(47)52-24-10-14-30-56(52)63(57)44-19-5-2-6-20-44)58-32-16-26-51-50-23-9-13-29-55(50)61(60(51)58)53-27-11-7-21-48(53)49-22-8-12-28-54(49)61/h1-40H. The van der Waals surface area contributed by atoms with Crippen molar-refractivity contribution in [3.8, 4) is 50.2 Å². The van der Waals surface area contributed by atoms with E-state index in [4.69, 9.17) is 0 Å². The molecule has 10 aromatic carbocycles. The van der Waals surface area contributed by atoms with Crippen molar-refractivity contribution in [3.63, 3.8) is 0 Å². The molecule has 0 amide bonds. The van der Waals surface area contributed by atoms with Crippen LogP contribution < -0.4 is 4.90 Å². The molecule has 2 aliphatic carbocycles. The van der Waals surface area contributed by atoms with Crippen molar-refractivity contribution in [3.05, 3.63) is 265 Å². The van der Waals surface area contributed by atoms with Gasteiger partial charge in [-0.05, 0) is 116 Å². The summed E-state index contributed by atoms with van der Waals surface area (Å²) in [7, 11) is 0. The maximum absolute atomic E-state index is 2.50. The van der Waals surface area contributed by atoms with Gasteiger partial charge in [-0.1, -0.05) is 188 Å². The maximum Gasteiger partial charge on any atom is 0.0746 e. The molecular weight excluding hydrogens is 761 g/mol. The van der Waals surface area contributed by atoms with E-state index in [-0.39, 0.29) is 0 Å². The summed E-state index contributed by atoms with van der Waals surface area (Å²) in [5.41, 5.74) is 21.7. The van der Waals surface area contributed by atoms with E-state index >= 15 is 0 Å². The van der Waals surface area contributed by atoms with Crippen LogP contribution in [0.3, 0.4) is 0 Å². The molecule has 0 aliphatic heterocycles. The highest BCUT2D eigenvalue weighted by atomic mass is 15.1. The number of hydrogen-bond donors (Lipinski definition) is 0. The Labute approximate surface area is 367 Å². The van der Waals surface area contributed by atoms with E-state index in [1.54, 1.807) is 0 Å². The van der Waals surface area contributed by atoms with Crippen molar-refractivity contribution >= 4 is 38.9 Å². The number of hydrogen-bond acceptors (Lipinski definition) is 1. The number of para-hydroxylation sites is 2. The highest BCUT2D eigenvalue weighted by Gasteiger charge is 2.53. The van der Waals surface area contributed by atoms with E-state index in [9.17, 15) is 0 Å². The number of aromatic nitrogens is 1. The fourth-order valence-corrected chi connectivity index (χ4v) is 11.1. The van der Waals surface area contributed by atoms with E-state index in [2.05, 4.69) is 252 Å². The van der Waals surface area contributed by atoms with Crippen LogP contribution in [-0.2, 0) is 5.41 Å². The van der Waals surface area contributed by atoms with Gasteiger partial charge >= 0.3 is 0 Å². The first kappa shape index (κ1) is 35.5. The first-order chi connectivity index (χ1) is 31.3. The van der Waals surface area contributed by atoms with Crippen LogP contribution >= 0.6 is 0 Å². The van der Waals surface area contributed by atoms with Gasteiger partial charge in [-0.15, -0.1) is 0 Å². The van der Waals surface area contributed by atoms with Gasteiger partial charge in [0.05, 0.1) is 22.1 Å². The van der Waals surface area contributed by atoms with E-state index in [1.807, 2.05) is 0 Å². The molecule has 0 radical (unpaired) electrons. The Morgan fingerprint density at radius 1 is 0.317 bits per heavy atom. The third-order valence-electron chi connectivity index (χ3n) is 13.6. The normalized spacial score (nSPS) is 12.9. The molecule has 2 aliphatic rings. The molecular formula is C61H40N2. The second kappa shape index (κ2) is 13.9. The molecule has 2 heteroatoms. The quantitative estimate of drug-likeness (QED) is 0.163. The number of anilines is 3. The predicted molar refractivity (Wildman–Crippen MR) is 263 cm³/mol. The lowest BCUT2D eigenvalue weighted by atomic mass is 9.70. The Balaban J connectivity index is 1.04. The van der Waals surface area contributed by atoms with Gasteiger partial charge in [0.2, 0.25) is 0 Å². The zero-order chi connectivity index (χ0) is 41.5. The Hall–Kier alpha value is -8.20. The predicted octanol–water partition coefficient (Wildman–Crippen LogP) is 15.9. The van der Waals surface area contributed by atoms with Gasteiger partial charge in [0.15, 0.2) is 0 Å². The summed E-state index contributed by atoms with van der Waals surface area (Å²) in [6.45, 7) is 0. The number of fused-ring (bicyclic) bond motifs is 13. The summed E-state index contributed by atoms with van der Waals surface area (Å²) < 4.78 is 2.40. The largest absolute Gasteiger partial charge is 0.310 e. The van der Waals surface area contributed by atoms with E-state index in [1.165, 1.54) is 94.3 Å². The molecule has 0 unspecified atom stereocenters. The lowest BCUT2D eigenvalue weighted by molar-refractivity contribution is 0.793. The highest BCUT2D eigenvalue weighted by Crippen LogP contribution is 2.65. The van der Waals surface area contributed by atoms with Crippen LogP contribution in [0.2, 0.25) is 0 Å². The number of benzene rings is 10. The fourth-order valence-electron chi connectivity index (χ4n) is 11.1. The monoisotopic (exact) mass is 800 g/mol. The Morgan fingerprint density at radius 3 is 1.43 bits per heavy atom. The molecule has 0 bridgehead atoms. The lowest BCUT2D eigenvalue weighted by Gasteiger charge is -2.36. The maximum atomic E-state index is 2.50. The minimum Gasteiger partial charge on any atom is -0.310 e. The summed E-state index contributed by atoms with van der Waals surface area (Å²) in [5, 5.41) is 2.51. The van der Waals surface area contributed by atoms with Gasteiger partial charge in [-0.25, -0.2) is 0 Å². The second-order valence-corrected chi connectivity index (χ2v) is 16.8. The molecule has 0 saturated carbocycles. The van der Waals surface area contributed by atoms with Gasteiger partial charge in [-0.3, -0.25) is 0 Å². The van der Waals surface area contributed by atoms with Gasteiger partial charge < -0.3 is 9.47 Å². The molecule has 13 rings (SSSR count). The molecule has 294 valence electrons. The molecule has 1 heterocycles. The van der Waals surface area contributed by atoms with Gasteiger partial charge in [0.25, 0.3) is 0 Å². The van der Waals surface area contributed by atoms with Gasteiger partial charge in [-0.2, -0.15) is 0 Å². The molecule has 0 atom stereocenters. The van der Waals surface area contributed by atoms with Gasteiger partial charge in [0, 0.05) is 33.4 Å². The molecule has 0 saturated heterocycles. The van der Waals surface area contributed by atoms with Crippen LogP contribution in [0.25, 0.3) is 72.0 Å². The molecule has 0 N–H and O–H groups in total. The number of rotatable bonds is 6. The van der Waals surface area contributed by atoms with Crippen LogP contribution in [0.1, 0.15) is 22.3 Å². The first-order valence-corrected chi connectivity index (χ1v) is 21.9. The van der Waals surface area contributed by atoms with E-state index in [0.717, 1.165) is 17.1 Å². The third-order valence-corrected chi connectivity index (χ3v) is 13.6. The smallest absolute Gasteiger partial charge is 0.0746 e. The Morgan fingerprint density at radius 2 is 0.778 bits per heavy atom. The molecule has 1 aromatic heterocycles. The van der Waals surface area contributed by atoms with Crippen molar-refractivity contribution in [2.24, 2.45) is 0 Å². The topological polar surface area (TPSA) is 8.17 Å². The Bertz CT molecular complexity index is 3480. The van der Waals surface area contributed by atoms with Crippen LogP contribution in [0.5, 0.6) is 0 Å². The average molecular weight is 801 g/mol. The molecule has 11 aromatic rings. The summed E-state index contributed by atoms with van der Waals surface area (Å²) in [4.78, 5) is 2.50. The Kier molecular flexibility index (Phi) is 7.85. The summed E-state index contributed by atoms with van der Waals surface area (Å²) in [6.07, 6.45) is 0. The van der Waals surface area contributed by atoms with Crippen LogP contribution in [0.4, 0.5) is 17.1 Å². The van der Waals surface area contributed by atoms with Crippen LogP contribution in [0, 0.1) is 0 Å². The van der Waals surface area contributed by atoms with Crippen molar-refractivity contribution in [1.29, 1.82) is 0 Å². The SMILES string of the molecule is c1ccc(-c2ccc(N(c3ccc(-c4cccc5c4c4ccccc4n5-c4ccccc4)cc3)c3cccc4c3C3(c5ccccc5-c5ccccc53)c3ccccc3-4)cc2)cc1. The second-order valence-electron chi connectivity index (χ2n) is 16.8. The van der Waals surface area contributed by atoms with Crippen LogP contribution in [0.15, 0.2) is 243 Å². The third kappa shape index (κ3) is 5.13. The van der Waals surface area contributed by atoms with Gasteiger partial charge in [0.1, 0.15) is 0 Å². The fraction of sp³-hybridized carbons (Fsp3) is 0.0164. The molecule has 63 heavy (non-hydrogen) atoms. The number of nitrogens with zero attached hydrogens (tertiary/aromatic N) is 2. The minimum atomic E-state index is -0.500. The minimum absolute atomic E-state index is 0.500. The lowest BCUT2D eigenvalue weighted by Crippen LogP contribution is -2.28. The molecule has 1 spiro atoms. The van der Waals surface area contributed by atoms with Crippen molar-refractivity contribution in [2.75, 3.05) is 4.90 Å². The molecule has 0 fully saturated rings. The zero-order valence-corrected chi connectivity index (χ0v) is 34.5. The first-order valence-electron chi connectivity index (χ1n) is 21.9. The van der Waals surface area contributed by atoms with Crippen molar-refractivity contribution < 1.29 is 0 Å². The van der Waals surface area contributed by atoms with Crippen molar-refractivity contribution in [1.82, 2.24) is 4.57 Å².